The van der Waals surface area contributed by atoms with Crippen LogP contribution in [-0.2, 0) is 32.7 Å². The highest BCUT2D eigenvalue weighted by Crippen LogP contribution is 2.38. The lowest BCUT2D eigenvalue weighted by Gasteiger charge is -2.28. The Morgan fingerprint density at radius 1 is 0.600 bits per heavy atom. The van der Waals surface area contributed by atoms with E-state index >= 15 is 0 Å². The molecule has 0 bridgehead atoms. The maximum absolute atomic E-state index is 12.5. The summed E-state index contributed by atoms with van der Waals surface area (Å²) in [7, 11) is 1.17. The van der Waals surface area contributed by atoms with Crippen molar-refractivity contribution >= 4 is 19.8 Å². The van der Waals surface area contributed by atoms with Gasteiger partial charge < -0.3 is 27.9 Å². The molecule has 0 aromatic rings. The van der Waals surface area contributed by atoms with Gasteiger partial charge in [0.25, 0.3) is 7.82 Å². The van der Waals surface area contributed by atoms with Crippen LogP contribution in [0.1, 0.15) is 162 Å². The summed E-state index contributed by atoms with van der Waals surface area (Å²) in [6.45, 7) is 4.17. The molecule has 0 spiro atoms. The van der Waals surface area contributed by atoms with Crippen LogP contribution in [0.4, 0.5) is 0 Å². The highest BCUT2D eigenvalue weighted by atomic mass is 31.2. The zero-order valence-electron chi connectivity index (χ0n) is 29.8. The first-order valence-corrected chi connectivity index (χ1v) is 19.7. The molecule has 0 saturated carbocycles. The molecule has 0 radical (unpaired) electrons. The van der Waals surface area contributed by atoms with Crippen molar-refractivity contribution in [2.24, 2.45) is 0 Å². The molecule has 0 aromatic heterocycles. The van der Waals surface area contributed by atoms with Crippen LogP contribution < -0.4 is 4.89 Å². The number of ether oxygens (including phenoxy) is 2. The molecule has 0 fully saturated rings. The zero-order chi connectivity index (χ0) is 33.7. The Morgan fingerprint density at radius 3 is 1.42 bits per heavy atom. The Bertz CT molecular complexity index is 758. The zero-order valence-corrected chi connectivity index (χ0v) is 30.7. The van der Waals surface area contributed by atoms with Crippen LogP contribution in [0.3, 0.4) is 0 Å². The number of carbonyl (C=O) groups is 2. The van der Waals surface area contributed by atoms with E-state index in [1.54, 1.807) is 0 Å². The molecule has 0 aromatic carbocycles. The Hall–Kier alpha value is -0.990. The average Bonchev–Trinajstić information content (AvgIpc) is 2.97. The largest absolute Gasteiger partial charge is 0.756 e. The van der Waals surface area contributed by atoms with Crippen molar-refractivity contribution in [1.29, 1.82) is 0 Å². The summed E-state index contributed by atoms with van der Waals surface area (Å²) in [6, 6.07) is 0. The van der Waals surface area contributed by atoms with E-state index in [-0.39, 0.29) is 32.0 Å². The number of phosphoric acid groups is 1. The van der Waals surface area contributed by atoms with Crippen molar-refractivity contribution < 1.29 is 42.1 Å². The van der Waals surface area contributed by atoms with Crippen LogP contribution >= 0.6 is 7.82 Å². The van der Waals surface area contributed by atoms with Crippen LogP contribution in [0.15, 0.2) is 0 Å². The Balaban J connectivity index is 4.35. The third-order valence-corrected chi connectivity index (χ3v) is 8.84. The first-order valence-electron chi connectivity index (χ1n) is 18.2. The molecule has 9 nitrogen and oxygen atoms in total. The summed E-state index contributed by atoms with van der Waals surface area (Å²) >= 11 is 0. The Kier molecular flexibility index (Phi) is 28.5. The van der Waals surface area contributed by atoms with Gasteiger partial charge in [0.05, 0.1) is 27.7 Å². The predicted octanol–water partition coefficient (Wildman–Crippen LogP) is 8.66. The molecule has 2 atom stereocenters. The lowest BCUT2D eigenvalue weighted by Crippen LogP contribution is -2.37. The van der Waals surface area contributed by atoms with Crippen molar-refractivity contribution in [2.75, 3.05) is 47.5 Å². The minimum Gasteiger partial charge on any atom is -0.756 e. The van der Waals surface area contributed by atoms with Crippen molar-refractivity contribution in [3.63, 3.8) is 0 Å². The number of quaternary nitrogens is 1. The number of likely N-dealkylation sites (N-methyl/N-ethyl adjacent to an activating group) is 1. The van der Waals surface area contributed by atoms with Gasteiger partial charge in [0, 0.05) is 12.8 Å². The molecule has 0 saturated heterocycles. The van der Waals surface area contributed by atoms with Gasteiger partial charge in [-0.05, 0) is 12.8 Å². The summed E-state index contributed by atoms with van der Waals surface area (Å²) < 4.78 is 33.6. The van der Waals surface area contributed by atoms with Gasteiger partial charge in [0.15, 0.2) is 6.10 Å². The SMILES string of the molecule is CCCCCCCCCCCCCCCCC(=O)OC[C@@H](COP(=O)([O-])OCC[N+](C)(C)C)OC(=O)CCCCCCCCC. The number of carbonyl (C=O) groups excluding carboxylic acids is 2. The molecule has 0 heterocycles. The van der Waals surface area contributed by atoms with Crippen molar-refractivity contribution in [3.8, 4) is 0 Å². The van der Waals surface area contributed by atoms with Crippen LogP contribution in [0.25, 0.3) is 0 Å². The third kappa shape index (κ3) is 32.7. The third-order valence-electron chi connectivity index (χ3n) is 7.88. The number of rotatable bonds is 33. The number of esters is 2. The molecule has 268 valence electrons. The quantitative estimate of drug-likeness (QED) is 0.0297. The van der Waals surface area contributed by atoms with Crippen molar-refractivity contribution in [1.82, 2.24) is 0 Å². The average molecular weight is 664 g/mol. The van der Waals surface area contributed by atoms with E-state index in [1.807, 2.05) is 21.1 Å². The molecule has 1 unspecified atom stereocenters. The Labute approximate surface area is 276 Å². The molecule has 0 aliphatic carbocycles. The molecule has 10 heteroatoms. The molecule has 0 aliphatic heterocycles. The standard InChI is InChI=1S/C35H70NO8P/c1-6-8-10-12-14-15-16-17-18-19-20-22-23-25-27-34(37)41-31-33(32-43-45(39,40)42-30-29-36(3,4)5)44-35(38)28-26-24-21-13-11-9-7-2/h33H,6-32H2,1-5H3/t33-/m0/s1. The minimum absolute atomic E-state index is 0.0266. The van der Waals surface area contributed by atoms with Gasteiger partial charge >= 0.3 is 11.9 Å². The summed E-state index contributed by atoms with van der Waals surface area (Å²) in [4.78, 5) is 37.1. The number of hydrogen-bond acceptors (Lipinski definition) is 8. The fourth-order valence-electron chi connectivity index (χ4n) is 4.95. The van der Waals surface area contributed by atoms with Gasteiger partial charge in [0.2, 0.25) is 0 Å². The van der Waals surface area contributed by atoms with E-state index in [9.17, 15) is 19.0 Å². The van der Waals surface area contributed by atoms with Gasteiger partial charge in [-0.1, -0.05) is 136 Å². The monoisotopic (exact) mass is 663 g/mol. The first-order chi connectivity index (χ1) is 21.5. The molecule has 45 heavy (non-hydrogen) atoms. The number of unbranched alkanes of at least 4 members (excludes halogenated alkanes) is 19. The maximum atomic E-state index is 12.5. The number of phosphoric ester groups is 1. The van der Waals surface area contributed by atoms with Crippen LogP contribution in [0.2, 0.25) is 0 Å². The molecule has 0 N–H and O–H groups in total. The molecular weight excluding hydrogens is 593 g/mol. The topological polar surface area (TPSA) is 111 Å². The van der Waals surface area contributed by atoms with E-state index in [1.165, 1.54) is 89.9 Å². The normalized spacial score (nSPS) is 13.8. The van der Waals surface area contributed by atoms with E-state index < -0.39 is 26.5 Å². The van der Waals surface area contributed by atoms with Gasteiger partial charge in [-0.25, -0.2) is 0 Å². The number of nitrogens with zero attached hydrogens (tertiary/aromatic N) is 1. The maximum Gasteiger partial charge on any atom is 0.306 e. The van der Waals surface area contributed by atoms with Gasteiger partial charge in [-0.2, -0.15) is 0 Å². The van der Waals surface area contributed by atoms with Gasteiger partial charge in [-0.3, -0.25) is 14.2 Å². The van der Waals surface area contributed by atoms with Crippen molar-refractivity contribution in [2.45, 2.75) is 168 Å². The fraction of sp³-hybridized carbons (Fsp3) is 0.943. The first kappa shape index (κ1) is 44.0. The summed E-state index contributed by atoms with van der Waals surface area (Å²) in [5, 5.41) is 0. The second-order valence-electron chi connectivity index (χ2n) is 13.6. The van der Waals surface area contributed by atoms with E-state index in [2.05, 4.69) is 13.8 Å². The smallest absolute Gasteiger partial charge is 0.306 e. The van der Waals surface area contributed by atoms with E-state index in [0.717, 1.165) is 38.5 Å². The van der Waals surface area contributed by atoms with Crippen molar-refractivity contribution in [3.05, 3.63) is 0 Å². The lowest BCUT2D eigenvalue weighted by molar-refractivity contribution is -0.870. The fourth-order valence-corrected chi connectivity index (χ4v) is 5.68. The highest BCUT2D eigenvalue weighted by molar-refractivity contribution is 7.45. The second-order valence-corrected chi connectivity index (χ2v) is 15.0. The number of hydrogen-bond donors (Lipinski definition) is 0. The molecular formula is C35H70NO8P. The summed E-state index contributed by atoms with van der Waals surface area (Å²) in [6.07, 6.45) is 24.3. The van der Waals surface area contributed by atoms with Gasteiger partial charge in [-0.15, -0.1) is 0 Å². The molecule has 0 rings (SSSR count). The van der Waals surface area contributed by atoms with E-state index in [0.29, 0.717) is 17.4 Å². The minimum atomic E-state index is -4.60. The highest BCUT2D eigenvalue weighted by Gasteiger charge is 2.21. The van der Waals surface area contributed by atoms with Crippen LogP contribution in [0, 0.1) is 0 Å². The Morgan fingerprint density at radius 2 is 1.00 bits per heavy atom. The lowest BCUT2D eigenvalue weighted by atomic mass is 10.0. The van der Waals surface area contributed by atoms with Crippen LogP contribution in [0.5, 0.6) is 0 Å². The summed E-state index contributed by atoms with van der Waals surface area (Å²) in [5.74, 6) is -0.835. The van der Waals surface area contributed by atoms with Gasteiger partial charge in [0.1, 0.15) is 19.8 Å². The van der Waals surface area contributed by atoms with Crippen LogP contribution in [-0.4, -0.2) is 70.0 Å². The second kappa shape index (κ2) is 29.2. The molecule has 0 aliphatic rings. The summed E-state index contributed by atoms with van der Waals surface area (Å²) in [5.41, 5.74) is 0. The molecule has 0 amide bonds. The van der Waals surface area contributed by atoms with E-state index in [4.69, 9.17) is 18.5 Å². The predicted molar refractivity (Wildman–Crippen MR) is 181 cm³/mol.